The van der Waals surface area contributed by atoms with Crippen molar-refractivity contribution in [1.82, 2.24) is 4.98 Å². The molecule has 0 amide bonds. The molecule has 7 heteroatoms. The quantitative estimate of drug-likeness (QED) is 0.324. The van der Waals surface area contributed by atoms with E-state index < -0.39 is 10.1 Å². The fourth-order valence-corrected chi connectivity index (χ4v) is 6.10. The number of fused-ring (bicyclic) bond motifs is 6. The zero-order valence-corrected chi connectivity index (χ0v) is 22.5. The fourth-order valence-electron chi connectivity index (χ4n) is 5.43. The van der Waals surface area contributed by atoms with Crippen molar-refractivity contribution in [2.75, 3.05) is 7.11 Å². The third-order valence-electron chi connectivity index (χ3n) is 6.95. The molecule has 5 nitrogen and oxygen atoms in total. The summed E-state index contributed by atoms with van der Waals surface area (Å²) in [5, 5.41) is 0. The van der Waals surface area contributed by atoms with Crippen LogP contribution in [0.2, 0.25) is 0 Å². The summed E-state index contributed by atoms with van der Waals surface area (Å²) in [7, 11) is -3.34. The van der Waals surface area contributed by atoms with E-state index >= 15 is 0 Å². The number of methoxy groups -OCH3 is 1. The Balaban J connectivity index is 0.00000253. The van der Waals surface area contributed by atoms with Gasteiger partial charge in [-0.2, -0.15) is 0 Å². The molecule has 1 aromatic heterocycles. The molecule has 0 radical (unpaired) electrons. The zero-order valence-electron chi connectivity index (χ0n) is 19.7. The van der Waals surface area contributed by atoms with Gasteiger partial charge in [0, 0.05) is 11.1 Å². The van der Waals surface area contributed by atoms with E-state index in [2.05, 4.69) is 24.3 Å². The van der Waals surface area contributed by atoms with Crippen LogP contribution in [0.1, 0.15) is 22.3 Å². The molecule has 0 saturated heterocycles. The second kappa shape index (κ2) is 9.19. The van der Waals surface area contributed by atoms with Crippen LogP contribution >= 0.6 is 0 Å². The maximum absolute atomic E-state index is 12.1. The van der Waals surface area contributed by atoms with Gasteiger partial charge in [0.05, 0.1) is 23.4 Å². The largest absolute Gasteiger partial charge is 1.00 e. The number of aryl methyl sites for hydroxylation is 2. The van der Waals surface area contributed by atoms with E-state index in [1.807, 2.05) is 30.3 Å². The molecule has 0 spiro atoms. The van der Waals surface area contributed by atoms with Gasteiger partial charge in [0.15, 0.2) is 0 Å². The Hall–Kier alpha value is -2.48. The van der Waals surface area contributed by atoms with Gasteiger partial charge in [-0.1, -0.05) is 54.6 Å². The third-order valence-corrected chi connectivity index (χ3v) is 7.81. The Bertz CT molecular complexity index is 1510. The number of rotatable bonds is 3. The van der Waals surface area contributed by atoms with Gasteiger partial charge in [0.2, 0.25) is 0 Å². The topological polar surface area (TPSA) is 79.3 Å². The number of benzene rings is 3. The Morgan fingerprint density at radius 3 is 1.86 bits per heavy atom. The van der Waals surface area contributed by atoms with Gasteiger partial charge in [0.1, 0.15) is 15.9 Å². The molecule has 0 fully saturated rings. The molecule has 4 aromatic rings. The van der Waals surface area contributed by atoms with Gasteiger partial charge in [-0.15, -0.1) is 0 Å². The Morgan fingerprint density at radius 2 is 1.34 bits per heavy atom. The van der Waals surface area contributed by atoms with Gasteiger partial charge >= 0.3 is 29.6 Å². The van der Waals surface area contributed by atoms with Crippen molar-refractivity contribution in [2.45, 2.75) is 30.6 Å². The minimum atomic E-state index is -4.71. The molecule has 6 rings (SSSR count). The molecular formula is C28H22NNaO4S. The first kappa shape index (κ1) is 24.2. The van der Waals surface area contributed by atoms with Gasteiger partial charge in [-0.25, -0.2) is 13.4 Å². The summed E-state index contributed by atoms with van der Waals surface area (Å²) in [6, 6.07) is 21.5. The minimum Gasteiger partial charge on any atom is -0.744 e. The summed E-state index contributed by atoms with van der Waals surface area (Å²) < 4.78 is 41.3. The molecule has 0 saturated carbocycles. The van der Waals surface area contributed by atoms with E-state index in [1.54, 1.807) is 6.07 Å². The fraction of sp³-hybridized carbons (Fsp3) is 0.179. The van der Waals surface area contributed by atoms with Crippen LogP contribution in [0.4, 0.5) is 0 Å². The van der Waals surface area contributed by atoms with Crippen molar-refractivity contribution >= 4 is 10.1 Å². The smallest absolute Gasteiger partial charge is 0.744 e. The first-order valence-corrected chi connectivity index (χ1v) is 12.7. The standard InChI is InChI=1S/C28H23NO4S.Na/c1-33-24-15-12-19(16-25(24)34(30,31)32)26-22-13-10-17-6-2-4-8-20(17)27(22)29-28-21-9-5-3-7-18(21)11-14-23(26)28;/h2-9,12,15-16H,10-11,13-14H2,1H3,(H,30,31,32);/q;+1/p-1. The monoisotopic (exact) mass is 491 g/mol. The molecule has 170 valence electrons. The van der Waals surface area contributed by atoms with Crippen LogP contribution in [0.3, 0.4) is 0 Å². The molecular weight excluding hydrogens is 469 g/mol. The van der Waals surface area contributed by atoms with E-state index in [9.17, 15) is 13.0 Å². The molecule has 2 aliphatic rings. The maximum Gasteiger partial charge on any atom is 1.00 e. The van der Waals surface area contributed by atoms with Crippen molar-refractivity contribution in [3.05, 3.63) is 89.0 Å². The number of hydrogen-bond acceptors (Lipinski definition) is 5. The number of nitrogens with zero attached hydrogens (tertiary/aromatic N) is 1. The first-order chi connectivity index (χ1) is 16.5. The van der Waals surface area contributed by atoms with Gasteiger partial charge in [0.25, 0.3) is 0 Å². The SMILES string of the molecule is COc1ccc(-c2c3c(nc4c2CCc2ccccc2-4)-c2ccccc2CC3)cc1S(=O)(=O)[O-].[Na+]. The summed E-state index contributed by atoms with van der Waals surface area (Å²) in [6.45, 7) is 0. The second-order valence-electron chi connectivity index (χ2n) is 8.78. The number of aromatic nitrogens is 1. The molecule has 1 heterocycles. The minimum absolute atomic E-state index is 0. The molecule has 0 N–H and O–H groups in total. The predicted octanol–water partition coefficient (Wildman–Crippen LogP) is 2.20. The number of hydrogen-bond donors (Lipinski definition) is 0. The molecule has 0 atom stereocenters. The van der Waals surface area contributed by atoms with Crippen molar-refractivity contribution in [2.24, 2.45) is 0 Å². The van der Waals surface area contributed by atoms with E-state index in [0.29, 0.717) is 5.56 Å². The molecule has 0 aliphatic heterocycles. The summed E-state index contributed by atoms with van der Waals surface area (Å²) >= 11 is 0. The van der Waals surface area contributed by atoms with E-state index in [1.165, 1.54) is 24.3 Å². The first-order valence-electron chi connectivity index (χ1n) is 11.3. The van der Waals surface area contributed by atoms with Gasteiger partial charge < -0.3 is 9.29 Å². The van der Waals surface area contributed by atoms with Crippen LogP contribution in [0.15, 0.2) is 71.6 Å². The molecule has 35 heavy (non-hydrogen) atoms. The van der Waals surface area contributed by atoms with E-state index in [-0.39, 0.29) is 40.2 Å². The maximum atomic E-state index is 12.1. The normalized spacial score (nSPS) is 13.5. The van der Waals surface area contributed by atoms with Crippen molar-refractivity contribution in [1.29, 1.82) is 0 Å². The third kappa shape index (κ3) is 4.03. The van der Waals surface area contributed by atoms with Crippen molar-refractivity contribution in [3.8, 4) is 39.4 Å². The zero-order chi connectivity index (χ0) is 23.4. The molecule has 0 bridgehead atoms. The Kier molecular flexibility index (Phi) is 6.36. The summed E-state index contributed by atoms with van der Waals surface area (Å²) in [5.41, 5.74) is 10.5. The number of pyridine rings is 1. The summed E-state index contributed by atoms with van der Waals surface area (Å²) in [5.74, 6) is 0.0613. The second-order valence-corrected chi connectivity index (χ2v) is 10.1. The Labute approximate surface area is 227 Å². The Morgan fingerprint density at radius 1 is 0.800 bits per heavy atom. The van der Waals surface area contributed by atoms with Gasteiger partial charge in [-0.3, -0.25) is 0 Å². The van der Waals surface area contributed by atoms with Crippen LogP contribution in [0.5, 0.6) is 5.75 Å². The van der Waals surface area contributed by atoms with Gasteiger partial charge in [-0.05, 0) is 71.2 Å². The van der Waals surface area contributed by atoms with Crippen LogP contribution in [0, 0.1) is 0 Å². The summed E-state index contributed by atoms with van der Waals surface area (Å²) in [4.78, 5) is 4.89. The van der Waals surface area contributed by atoms with Crippen LogP contribution in [-0.4, -0.2) is 25.1 Å². The van der Waals surface area contributed by atoms with Crippen LogP contribution in [-0.2, 0) is 35.8 Å². The number of ether oxygens (including phenoxy) is 1. The molecule has 0 unspecified atom stereocenters. The molecule has 2 aliphatic carbocycles. The predicted molar refractivity (Wildman–Crippen MR) is 130 cm³/mol. The van der Waals surface area contributed by atoms with Crippen LogP contribution in [0.25, 0.3) is 33.6 Å². The molecule has 3 aromatic carbocycles. The van der Waals surface area contributed by atoms with Crippen molar-refractivity contribution in [3.63, 3.8) is 0 Å². The summed E-state index contributed by atoms with van der Waals surface area (Å²) in [6.07, 6.45) is 3.37. The van der Waals surface area contributed by atoms with Crippen LogP contribution < -0.4 is 34.3 Å². The van der Waals surface area contributed by atoms with E-state index in [0.717, 1.165) is 64.9 Å². The average Bonchev–Trinajstić information content (AvgIpc) is 2.86. The van der Waals surface area contributed by atoms with E-state index in [4.69, 9.17) is 9.72 Å². The van der Waals surface area contributed by atoms with Crippen molar-refractivity contribution < 1.29 is 47.3 Å². The average molecular weight is 492 g/mol.